The molecule has 1 atom stereocenters. The Bertz CT molecular complexity index is 362. The van der Waals surface area contributed by atoms with Crippen LogP contribution in [0.4, 0.5) is 5.82 Å². The Morgan fingerprint density at radius 2 is 2.38 bits per heavy atom. The van der Waals surface area contributed by atoms with Gasteiger partial charge in [-0.05, 0) is 12.2 Å². The summed E-state index contributed by atoms with van der Waals surface area (Å²) in [7, 11) is 1.76. The highest BCUT2D eigenvalue weighted by molar-refractivity contribution is 7.99. The fourth-order valence-corrected chi connectivity index (χ4v) is 2.63. The minimum Gasteiger partial charge on any atom is -0.372 e. The molecule has 1 aliphatic rings. The number of anilines is 1. The van der Waals surface area contributed by atoms with Crippen LogP contribution in [0, 0.1) is 0 Å². The Morgan fingerprint density at radius 1 is 1.50 bits per heavy atom. The van der Waals surface area contributed by atoms with Crippen LogP contribution in [-0.2, 0) is 0 Å². The van der Waals surface area contributed by atoms with Gasteiger partial charge >= 0.3 is 0 Å². The number of aromatic nitrogens is 2. The van der Waals surface area contributed by atoms with Crippen LogP contribution in [0.2, 0.25) is 0 Å². The summed E-state index contributed by atoms with van der Waals surface area (Å²) in [5.74, 6) is 2.64. The first-order valence-electron chi connectivity index (χ1n) is 5.18. The maximum Gasteiger partial charge on any atom is 0.271 e. The largest absolute Gasteiger partial charge is 0.372 e. The van der Waals surface area contributed by atoms with E-state index >= 15 is 0 Å². The van der Waals surface area contributed by atoms with Crippen molar-refractivity contribution in [2.75, 3.05) is 23.9 Å². The van der Waals surface area contributed by atoms with Gasteiger partial charge in [-0.25, -0.2) is 9.97 Å². The second-order valence-corrected chi connectivity index (χ2v) is 4.72. The molecule has 6 heteroatoms. The molecule has 0 spiro atoms. The Kier molecular flexibility index (Phi) is 3.61. The van der Waals surface area contributed by atoms with Gasteiger partial charge in [0.2, 0.25) is 0 Å². The molecule has 1 unspecified atom stereocenters. The van der Waals surface area contributed by atoms with E-state index < -0.39 is 0 Å². The van der Waals surface area contributed by atoms with Crippen molar-refractivity contribution in [2.24, 2.45) is 0 Å². The Hall–Kier alpha value is -1.30. The van der Waals surface area contributed by atoms with Crippen molar-refractivity contribution < 1.29 is 4.79 Å². The van der Waals surface area contributed by atoms with Gasteiger partial charge < -0.3 is 10.6 Å². The quantitative estimate of drug-likeness (QED) is 0.813. The zero-order chi connectivity index (χ0) is 11.4. The second-order valence-electron chi connectivity index (χ2n) is 3.57. The number of carbonyl (C=O) groups excluding carboxylic acids is 1. The van der Waals surface area contributed by atoms with Crippen molar-refractivity contribution >= 4 is 23.5 Å². The van der Waals surface area contributed by atoms with Crippen LogP contribution in [0.3, 0.4) is 0 Å². The number of nitrogens with one attached hydrogen (secondary N) is 2. The van der Waals surface area contributed by atoms with Crippen LogP contribution >= 0.6 is 11.8 Å². The first-order chi connectivity index (χ1) is 7.79. The summed E-state index contributed by atoms with van der Waals surface area (Å²) < 4.78 is 0. The number of hydrogen-bond acceptors (Lipinski definition) is 5. The summed E-state index contributed by atoms with van der Waals surface area (Å²) in [5, 5.41) is 5.81. The molecular weight excluding hydrogens is 224 g/mol. The first-order valence-corrected chi connectivity index (χ1v) is 6.33. The minimum atomic E-state index is -0.136. The normalized spacial score (nSPS) is 19.4. The molecule has 2 heterocycles. The zero-order valence-corrected chi connectivity index (χ0v) is 9.88. The summed E-state index contributed by atoms with van der Waals surface area (Å²) in [6.45, 7) is 0. The Morgan fingerprint density at radius 3 is 2.94 bits per heavy atom. The van der Waals surface area contributed by atoms with Crippen molar-refractivity contribution in [3.8, 4) is 0 Å². The SMILES string of the molecule is CNc1cnc(C(=O)NC2CCSC2)cn1. The van der Waals surface area contributed by atoms with Gasteiger partial charge in [0.25, 0.3) is 5.91 Å². The molecular formula is C10H14N4OS. The summed E-state index contributed by atoms with van der Waals surface area (Å²) in [5.41, 5.74) is 0.371. The molecule has 1 aliphatic heterocycles. The van der Waals surface area contributed by atoms with Crippen LogP contribution < -0.4 is 10.6 Å². The lowest BCUT2D eigenvalue weighted by molar-refractivity contribution is 0.0936. The minimum absolute atomic E-state index is 0.136. The molecule has 0 radical (unpaired) electrons. The van der Waals surface area contributed by atoms with E-state index in [1.54, 1.807) is 13.2 Å². The monoisotopic (exact) mass is 238 g/mol. The summed E-state index contributed by atoms with van der Waals surface area (Å²) in [6, 6.07) is 0.281. The highest BCUT2D eigenvalue weighted by atomic mass is 32.2. The van der Waals surface area contributed by atoms with Gasteiger partial charge in [0.05, 0.1) is 12.4 Å². The van der Waals surface area contributed by atoms with Crippen LogP contribution in [0.15, 0.2) is 12.4 Å². The molecule has 1 aromatic rings. The molecule has 1 saturated heterocycles. The van der Waals surface area contributed by atoms with E-state index in [2.05, 4.69) is 20.6 Å². The van der Waals surface area contributed by atoms with Crippen molar-refractivity contribution in [2.45, 2.75) is 12.5 Å². The molecule has 1 fully saturated rings. The molecule has 0 saturated carbocycles. The molecule has 0 bridgehead atoms. The average molecular weight is 238 g/mol. The van der Waals surface area contributed by atoms with Gasteiger partial charge in [0.1, 0.15) is 11.5 Å². The average Bonchev–Trinajstić information content (AvgIpc) is 2.82. The van der Waals surface area contributed by atoms with Gasteiger partial charge in [-0.15, -0.1) is 0 Å². The molecule has 5 nitrogen and oxygen atoms in total. The van der Waals surface area contributed by atoms with E-state index in [1.807, 2.05) is 11.8 Å². The van der Waals surface area contributed by atoms with Crippen LogP contribution in [0.25, 0.3) is 0 Å². The lowest BCUT2D eigenvalue weighted by Crippen LogP contribution is -2.35. The third-order valence-electron chi connectivity index (χ3n) is 2.41. The maximum absolute atomic E-state index is 11.8. The van der Waals surface area contributed by atoms with Gasteiger partial charge in [-0.3, -0.25) is 4.79 Å². The van der Waals surface area contributed by atoms with E-state index in [4.69, 9.17) is 0 Å². The molecule has 2 rings (SSSR count). The Balaban J connectivity index is 1.97. The van der Waals surface area contributed by atoms with Gasteiger partial charge in [0, 0.05) is 18.8 Å². The topological polar surface area (TPSA) is 66.9 Å². The predicted octanol–water partition coefficient (Wildman–Crippen LogP) is 0.754. The van der Waals surface area contributed by atoms with E-state index in [9.17, 15) is 4.79 Å². The third-order valence-corrected chi connectivity index (χ3v) is 3.57. The fraction of sp³-hybridized carbons (Fsp3) is 0.500. The lowest BCUT2D eigenvalue weighted by Gasteiger charge is -2.10. The van der Waals surface area contributed by atoms with Crippen LogP contribution in [-0.4, -0.2) is 40.5 Å². The fourth-order valence-electron chi connectivity index (χ4n) is 1.48. The summed E-state index contributed by atoms with van der Waals surface area (Å²) in [4.78, 5) is 19.9. The smallest absolute Gasteiger partial charge is 0.271 e. The number of rotatable bonds is 3. The second kappa shape index (κ2) is 5.16. The van der Waals surface area contributed by atoms with Gasteiger partial charge in [-0.2, -0.15) is 11.8 Å². The number of carbonyl (C=O) groups is 1. The molecule has 1 amide bonds. The number of nitrogens with zero attached hydrogens (tertiary/aromatic N) is 2. The summed E-state index contributed by atoms with van der Waals surface area (Å²) in [6.07, 6.45) is 4.08. The van der Waals surface area contributed by atoms with Gasteiger partial charge in [-0.1, -0.05) is 0 Å². The van der Waals surface area contributed by atoms with E-state index in [0.717, 1.165) is 17.9 Å². The number of amides is 1. The lowest BCUT2D eigenvalue weighted by atomic mass is 10.2. The number of thioether (sulfide) groups is 1. The Labute approximate surface area is 98.4 Å². The van der Waals surface area contributed by atoms with Crippen molar-refractivity contribution in [1.29, 1.82) is 0 Å². The highest BCUT2D eigenvalue weighted by Gasteiger charge is 2.18. The van der Waals surface area contributed by atoms with Gasteiger partial charge in [0.15, 0.2) is 0 Å². The predicted molar refractivity (Wildman–Crippen MR) is 64.8 cm³/mol. The summed E-state index contributed by atoms with van der Waals surface area (Å²) >= 11 is 1.86. The van der Waals surface area contributed by atoms with Crippen molar-refractivity contribution in [1.82, 2.24) is 15.3 Å². The van der Waals surface area contributed by atoms with Crippen LogP contribution in [0.5, 0.6) is 0 Å². The highest BCUT2D eigenvalue weighted by Crippen LogP contribution is 2.17. The standard InChI is InChI=1S/C10H14N4OS/c1-11-9-5-12-8(4-13-9)10(15)14-7-2-3-16-6-7/h4-5,7H,2-3,6H2,1H3,(H,11,13)(H,14,15). The van der Waals surface area contributed by atoms with Crippen LogP contribution in [0.1, 0.15) is 16.9 Å². The van der Waals surface area contributed by atoms with Crippen molar-refractivity contribution in [3.63, 3.8) is 0 Å². The first kappa shape index (κ1) is 11.2. The molecule has 0 aromatic carbocycles. The molecule has 86 valence electrons. The van der Waals surface area contributed by atoms with Crippen molar-refractivity contribution in [3.05, 3.63) is 18.1 Å². The maximum atomic E-state index is 11.8. The molecule has 16 heavy (non-hydrogen) atoms. The molecule has 0 aliphatic carbocycles. The van der Waals surface area contributed by atoms with E-state index in [-0.39, 0.29) is 11.9 Å². The molecule has 1 aromatic heterocycles. The molecule has 2 N–H and O–H groups in total. The third kappa shape index (κ3) is 2.63. The number of hydrogen-bond donors (Lipinski definition) is 2. The van der Waals surface area contributed by atoms with E-state index in [1.165, 1.54) is 6.20 Å². The van der Waals surface area contributed by atoms with E-state index in [0.29, 0.717) is 11.5 Å². The zero-order valence-electron chi connectivity index (χ0n) is 9.06.